The molecule has 0 fully saturated rings. The summed E-state index contributed by atoms with van der Waals surface area (Å²) in [7, 11) is 0. The smallest absolute Gasteiger partial charge is 0.0595 e. The first-order chi connectivity index (χ1) is 20.8. The Hall–Kier alpha value is -3.91. The van der Waals surface area contributed by atoms with Gasteiger partial charge in [-0.25, -0.2) is 0 Å². The van der Waals surface area contributed by atoms with E-state index < -0.39 is 0 Å². The molecule has 2 heterocycles. The maximum Gasteiger partial charge on any atom is 0.0595 e. The van der Waals surface area contributed by atoms with Gasteiger partial charge < -0.3 is 4.98 Å². The molecule has 6 aromatic rings. The number of nitrogens with zero attached hydrogens (tertiary/aromatic N) is 2. The molecule has 0 saturated carbocycles. The van der Waals surface area contributed by atoms with Crippen LogP contribution in [-0.4, -0.2) is 9.97 Å². The zero-order valence-corrected chi connectivity index (χ0v) is 28.2. The summed E-state index contributed by atoms with van der Waals surface area (Å²) in [4.78, 5) is 9.33. The molecule has 2 aromatic heterocycles. The van der Waals surface area contributed by atoms with Crippen LogP contribution in [0.1, 0.15) is 54.2 Å². The SMILES string of the molecule is Cc1cc[c-]c(-c2cc(C(C)(C)C)ccn2)c1.[Ir].[c-]1c(-c2ccc3ccccc3n2)cc2c3c1CCc1cccc(c1-3)CC2. The average molecular weight is 749 g/mol. The van der Waals surface area contributed by atoms with Crippen LogP contribution in [0.15, 0.2) is 97.2 Å². The first kappa shape index (κ1) is 30.1. The van der Waals surface area contributed by atoms with Gasteiger partial charge in [0.1, 0.15) is 0 Å². The van der Waals surface area contributed by atoms with Crippen LogP contribution < -0.4 is 0 Å². The van der Waals surface area contributed by atoms with Gasteiger partial charge in [0, 0.05) is 26.3 Å². The molecule has 0 aliphatic heterocycles. The normalized spacial score (nSPS) is 12.9. The molecule has 2 aliphatic rings. The van der Waals surface area contributed by atoms with Gasteiger partial charge >= 0.3 is 0 Å². The third kappa shape index (κ3) is 5.92. The van der Waals surface area contributed by atoms with Crippen LogP contribution in [0.2, 0.25) is 0 Å². The van der Waals surface area contributed by atoms with Crippen molar-refractivity contribution >= 4 is 10.9 Å². The van der Waals surface area contributed by atoms with Crippen LogP contribution in [0, 0.1) is 19.1 Å². The molecular weight excluding hydrogens is 713 g/mol. The molecule has 0 unspecified atom stereocenters. The number of pyridine rings is 2. The second-order valence-electron chi connectivity index (χ2n) is 12.9. The van der Waals surface area contributed by atoms with E-state index in [2.05, 4.69) is 130 Å². The number of hydrogen-bond acceptors (Lipinski definition) is 2. The van der Waals surface area contributed by atoms with Gasteiger partial charge in [0.2, 0.25) is 0 Å². The molecule has 221 valence electrons. The number of rotatable bonds is 2. The first-order valence-electron chi connectivity index (χ1n) is 15.3. The Balaban J connectivity index is 0.000000167. The zero-order valence-electron chi connectivity index (χ0n) is 25.8. The van der Waals surface area contributed by atoms with Crippen molar-refractivity contribution in [2.45, 2.75) is 58.8 Å². The monoisotopic (exact) mass is 749 g/mol. The Morgan fingerprint density at radius 3 is 2.25 bits per heavy atom. The van der Waals surface area contributed by atoms with Crippen molar-refractivity contribution in [2.75, 3.05) is 0 Å². The van der Waals surface area contributed by atoms with Crippen LogP contribution in [-0.2, 0) is 51.2 Å². The number of fused-ring (bicyclic) bond motifs is 1. The van der Waals surface area contributed by atoms with Gasteiger partial charge in [-0.3, -0.25) is 4.98 Å². The van der Waals surface area contributed by atoms with Crippen molar-refractivity contribution in [3.05, 3.63) is 143 Å². The predicted molar refractivity (Wildman–Crippen MR) is 178 cm³/mol. The molecule has 2 nitrogen and oxygen atoms in total. The van der Waals surface area contributed by atoms with Crippen molar-refractivity contribution < 1.29 is 20.1 Å². The van der Waals surface area contributed by atoms with E-state index in [1.807, 2.05) is 12.3 Å². The zero-order chi connectivity index (χ0) is 29.6. The molecule has 3 heteroatoms. The summed E-state index contributed by atoms with van der Waals surface area (Å²) in [6.45, 7) is 8.73. The number of hydrogen-bond donors (Lipinski definition) is 0. The molecule has 0 spiro atoms. The van der Waals surface area contributed by atoms with E-state index in [0.717, 1.165) is 53.7 Å². The van der Waals surface area contributed by atoms with Gasteiger partial charge in [-0.1, -0.05) is 93.4 Å². The second kappa shape index (κ2) is 12.2. The minimum atomic E-state index is 0. The Labute approximate surface area is 275 Å². The maximum atomic E-state index is 4.90. The summed E-state index contributed by atoms with van der Waals surface area (Å²) in [5.41, 5.74) is 16.9. The first-order valence-corrected chi connectivity index (χ1v) is 15.3. The van der Waals surface area contributed by atoms with Gasteiger partial charge in [-0.15, -0.1) is 64.2 Å². The predicted octanol–water partition coefficient (Wildman–Crippen LogP) is 9.72. The summed E-state index contributed by atoms with van der Waals surface area (Å²) in [6, 6.07) is 39.1. The largest absolute Gasteiger partial charge is 0.305 e. The van der Waals surface area contributed by atoms with Crippen LogP contribution in [0.3, 0.4) is 0 Å². The Kier molecular flexibility index (Phi) is 8.38. The van der Waals surface area contributed by atoms with Crippen molar-refractivity contribution in [3.8, 4) is 33.6 Å². The summed E-state index contributed by atoms with van der Waals surface area (Å²) >= 11 is 0. The van der Waals surface area contributed by atoms with E-state index in [-0.39, 0.29) is 25.5 Å². The molecule has 44 heavy (non-hydrogen) atoms. The van der Waals surface area contributed by atoms with Crippen LogP contribution in [0.5, 0.6) is 0 Å². The quantitative estimate of drug-likeness (QED) is 0.165. The molecule has 4 aromatic carbocycles. The minimum absolute atomic E-state index is 0. The number of para-hydroxylation sites is 1. The fraction of sp³-hybridized carbons (Fsp3) is 0.220. The molecule has 0 amide bonds. The Bertz CT molecular complexity index is 1930. The van der Waals surface area contributed by atoms with E-state index in [1.54, 1.807) is 0 Å². The van der Waals surface area contributed by atoms with Gasteiger partial charge in [0.05, 0.1) is 5.52 Å². The second-order valence-corrected chi connectivity index (χ2v) is 12.9. The average Bonchev–Trinajstić information content (AvgIpc) is 3.03. The van der Waals surface area contributed by atoms with E-state index in [9.17, 15) is 0 Å². The number of aryl methyl sites for hydroxylation is 5. The van der Waals surface area contributed by atoms with Crippen LogP contribution in [0.25, 0.3) is 44.5 Å². The van der Waals surface area contributed by atoms with E-state index in [1.165, 1.54) is 49.9 Å². The topological polar surface area (TPSA) is 25.8 Å². The van der Waals surface area contributed by atoms with E-state index in [4.69, 9.17) is 4.98 Å². The van der Waals surface area contributed by atoms with Crippen LogP contribution in [0.4, 0.5) is 0 Å². The fourth-order valence-electron chi connectivity index (χ4n) is 6.44. The third-order valence-electron chi connectivity index (χ3n) is 8.76. The summed E-state index contributed by atoms with van der Waals surface area (Å²) in [6.07, 6.45) is 6.35. The minimum Gasteiger partial charge on any atom is -0.305 e. The molecule has 2 aliphatic carbocycles. The third-order valence-corrected chi connectivity index (χ3v) is 8.76. The van der Waals surface area contributed by atoms with Gasteiger partial charge in [0.15, 0.2) is 0 Å². The van der Waals surface area contributed by atoms with E-state index >= 15 is 0 Å². The van der Waals surface area contributed by atoms with Gasteiger partial charge in [-0.2, -0.15) is 0 Å². The Morgan fingerprint density at radius 1 is 0.682 bits per heavy atom. The van der Waals surface area contributed by atoms with Crippen molar-refractivity contribution in [1.82, 2.24) is 9.97 Å². The molecule has 8 rings (SSSR count). The standard InChI is InChI=1S/C25H18N.C16H18N.Ir/c1-2-7-22-16(4-1)12-13-23(26-22)21-14-19-10-8-17-5-3-6-18-9-11-20(15-21)25(19)24(17)18;1-12-6-5-7-13(10-12)15-11-14(8-9-17-15)16(2,3)4;/h1-7,12-14H,8-11H2;5-6,8-11H,1-4H3;/q2*-1;. The molecular formula is C41H36IrN2-2. The molecule has 0 atom stereocenters. The molecule has 0 bridgehead atoms. The summed E-state index contributed by atoms with van der Waals surface area (Å²) in [5.74, 6) is 0. The summed E-state index contributed by atoms with van der Waals surface area (Å²) in [5, 5.41) is 1.19. The van der Waals surface area contributed by atoms with Crippen molar-refractivity contribution in [3.63, 3.8) is 0 Å². The fourth-order valence-corrected chi connectivity index (χ4v) is 6.44. The van der Waals surface area contributed by atoms with Gasteiger partial charge in [-0.05, 0) is 76.7 Å². The molecule has 0 N–H and O–H groups in total. The number of benzene rings is 4. The maximum absolute atomic E-state index is 4.90. The number of aromatic nitrogens is 2. The van der Waals surface area contributed by atoms with Crippen molar-refractivity contribution in [1.29, 1.82) is 0 Å². The van der Waals surface area contributed by atoms with Crippen LogP contribution >= 0.6 is 0 Å². The molecule has 0 saturated heterocycles. The van der Waals surface area contributed by atoms with Crippen molar-refractivity contribution in [2.24, 2.45) is 0 Å². The van der Waals surface area contributed by atoms with Gasteiger partial charge in [0.25, 0.3) is 0 Å². The molecule has 1 radical (unpaired) electrons. The summed E-state index contributed by atoms with van der Waals surface area (Å²) < 4.78 is 0. The Morgan fingerprint density at radius 2 is 1.45 bits per heavy atom. The van der Waals surface area contributed by atoms with E-state index in [0.29, 0.717) is 0 Å².